The fourth-order valence-electron chi connectivity index (χ4n) is 5.25. The van der Waals surface area contributed by atoms with Crippen molar-refractivity contribution in [1.82, 2.24) is 0 Å². The fraction of sp³-hybridized carbons (Fsp3) is 1.00. The fourth-order valence-corrected chi connectivity index (χ4v) is 5.25. The van der Waals surface area contributed by atoms with Gasteiger partial charge in [0.2, 0.25) is 0 Å². The lowest BCUT2D eigenvalue weighted by atomic mass is 10.0. The van der Waals surface area contributed by atoms with E-state index >= 15 is 0 Å². The second kappa shape index (κ2) is 34.0. The van der Waals surface area contributed by atoms with Crippen LogP contribution in [0.1, 0.15) is 206 Å². The quantitative estimate of drug-likeness (QED) is 0.0844. The molecule has 0 aliphatic rings. The molecule has 0 rings (SSSR count). The van der Waals surface area contributed by atoms with Crippen LogP contribution in [0.5, 0.6) is 0 Å². The average Bonchev–Trinajstić information content (AvgIpc) is 2.87. The Morgan fingerprint density at radius 3 is 0.600 bits per heavy atom. The van der Waals surface area contributed by atoms with Gasteiger partial charge >= 0.3 is 0 Å². The minimum Gasteiger partial charge on any atom is -0.381 e. The average molecular weight is 495 g/mol. The van der Waals surface area contributed by atoms with Gasteiger partial charge in [-0.3, -0.25) is 0 Å². The van der Waals surface area contributed by atoms with E-state index in [1.165, 1.54) is 193 Å². The largest absolute Gasteiger partial charge is 0.381 e. The Labute approximate surface area is 224 Å². The summed E-state index contributed by atoms with van der Waals surface area (Å²) in [5.41, 5.74) is 0. The van der Waals surface area contributed by atoms with E-state index in [4.69, 9.17) is 4.74 Å². The normalized spacial score (nSPS) is 11.5. The molecule has 0 heterocycles. The molecule has 0 atom stereocenters. The number of hydrogen-bond acceptors (Lipinski definition) is 1. The van der Waals surface area contributed by atoms with Crippen molar-refractivity contribution in [2.45, 2.75) is 206 Å². The highest BCUT2D eigenvalue weighted by Crippen LogP contribution is 2.15. The van der Waals surface area contributed by atoms with Crippen molar-refractivity contribution in [2.75, 3.05) is 13.2 Å². The first-order chi connectivity index (χ1) is 17.4. The summed E-state index contributed by atoms with van der Waals surface area (Å²) in [7, 11) is 0. The smallest absolute Gasteiger partial charge is 0.0466 e. The molecule has 0 fully saturated rings. The first-order valence-electron chi connectivity index (χ1n) is 17.0. The van der Waals surface area contributed by atoms with Crippen LogP contribution in [-0.2, 0) is 4.74 Å². The summed E-state index contributed by atoms with van der Waals surface area (Å²) in [5, 5.41) is 0. The standard InChI is InChI=1S/C34H70O/c1-3-5-7-9-11-13-15-17-18-19-20-21-22-24-26-28-30-32-34-35-33-31-29-27-25-23-16-14-12-10-8-6-4-2/h3-34H2,1-2H3. The van der Waals surface area contributed by atoms with E-state index in [1.807, 2.05) is 0 Å². The number of unbranched alkanes of at least 4 members (excludes halogenated alkanes) is 28. The third-order valence-electron chi connectivity index (χ3n) is 7.78. The van der Waals surface area contributed by atoms with Gasteiger partial charge < -0.3 is 4.74 Å². The van der Waals surface area contributed by atoms with Gasteiger partial charge in [0.25, 0.3) is 0 Å². The predicted molar refractivity (Wildman–Crippen MR) is 161 cm³/mol. The summed E-state index contributed by atoms with van der Waals surface area (Å²) in [6, 6.07) is 0. The van der Waals surface area contributed by atoms with Crippen LogP contribution >= 0.6 is 0 Å². The third-order valence-corrected chi connectivity index (χ3v) is 7.78. The molecule has 0 aliphatic carbocycles. The lowest BCUT2D eigenvalue weighted by molar-refractivity contribution is 0.125. The molecule has 0 aromatic carbocycles. The summed E-state index contributed by atoms with van der Waals surface area (Å²) >= 11 is 0. The van der Waals surface area contributed by atoms with E-state index in [0.29, 0.717) is 0 Å². The molecule has 35 heavy (non-hydrogen) atoms. The zero-order valence-electron chi connectivity index (χ0n) is 25.0. The van der Waals surface area contributed by atoms with Gasteiger partial charge in [-0.05, 0) is 12.8 Å². The van der Waals surface area contributed by atoms with E-state index < -0.39 is 0 Å². The van der Waals surface area contributed by atoms with Crippen molar-refractivity contribution >= 4 is 0 Å². The van der Waals surface area contributed by atoms with E-state index in [1.54, 1.807) is 0 Å². The molecule has 0 saturated heterocycles. The van der Waals surface area contributed by atoms with Gasteiger partial charge in [-0.25, -0.2) is 0 Å². The molecular formula is C34H70O. The highest BCUT2D eigenvalue weighted by molar-refractivity contribution is 4.51. The molecular weight excluding hydrogens is 424 g/mol. The number of ether oxygens (including phenoxy) is 1. The molecule has 0 radical (unpaired) electrons. The predicted octanol–water partition coefficient (Wildman–Crippen LogP) is 12.7. The van der Waals surface area contributed by atoms with Crippen molar-refractivity contribution in [1.29, 1.82) is 0 Å². The van der Waals surface area contributed by atoms with Crippen molar-refractivity contribution in [2.24, 2.45) is 0 Å². The van der Waals surface area contributed by atoms with Crippen LogP contribution in [0.3, 0.4) is 0 Å². The van der Waals surface area contributed by atoms with Gasteiger partial charge in [0, 0.05) is 13.2 Å². The van der Waals surface area contributed by atoms with Gasteiger partial charge in [0.1, 0.15) is 0 Å². The van der Waals surface area contributed by atoms with E-state index in [2.05, 4.69) is 13.8 Å². The number of hydrogen-bond donors (Lipinski definition) is 0. The second-order valence-corrected chi connectivity index (χ2v) is 11.5. The Morgan fingerprint density at radius 2 is 0.400 bits per heavy atom. The van der Waals surface area contributed by atoms with Gasteiger partial charge in [-0.15, -0.1) is 0 Å². The monoisotopic (exact) mass is 495 g/mol. The Morgan fingerprint density at radius 1 is 0.229 bits per heavy atom. The van der Waals surface area contributed by atoms with Crippen LogP contribution in [0.15, 0.2) is 0 Å². The van der Waals surface area contributed by atoms with Gasteiger partial charge in [-0.1, -0.05) is 194 Å². The SMILES string of the molecule is CCCCCCCCCCCCCCCCCCCCOCCCCCCCCCCCCCC. The van der Waals surface area contributed by atoms with Gasteiger partial charge in [0.05, 0.1) is 0 Å². The molecule has 0 spiro atoms. The van der Waals surface area contributed by atoms with Crippen LogP contribution < -0.4 is 0 Å². The van der Waals surface area contributed by atoms with E-state index in [0.717, 1.165) is 13.2 Å². The summed E-state index contributed by atoms with van der Waals surface area (Å²) in [4.78, 5) is 0. The molecule has 0 bridgehead atoms. The van der Waals surface area contributed by atoms with Crippen LogP contribution in [0.25, 0.3) is 0 Å². The van der Waals surface area contributed by atoms with Crippen LogP contribution in [-0.4, -0.2) is 13.2 Å². The summed E-state index contributed by atoms with van der Waals surface area (Å²) in [6.07, 6.45) is 43.0. The molecule has 0 aromatic rings. The Hall–Kier alpha value is -0.0400. The van der Waals surface area contributed by atoms with Crippen molar-refractivity contribution in [3.05, 3.63) is 0 Å². The minimum absolute atomic E-state index is 0.996. The molecule has 0 unspecified atom stereocenters. The van der Waals surface area contributed by atoms with Crippen molar-refractivity contribution < 1.29 is 4.74 Å². The van der Waals surface area contributed by atoms with Gasteiger partial charge in [-0.2, -0.15) is 0 Å². The molecule has 1 heteroatoms. The summed E-state index contributed by atoms with van der Waals surface area (Å²) in [5.74, 6) is 0. The lowest BCUT2D eigenvalue weighted by Crippen LogP contribution is -1.97. The zero-order valence-corrected chi connectivity index (χ0v) is 25.0. The van der Waals surface area contributed by atoms with Gasteiger partial charge in [0.15, 0.2) is 0 Å². The minimum atomic E-state index is 0.996. The Kier molecular flexibility index (Phi) is 33.9. The Bertz CT molecular complexity index is 307. The number of rotatable bonds is 32. The second-order valence-electron chi connectivity index (χ2n) is 11.5. The summed E-state index contributed by atoms with van der Waals surface area (Å²) < 4.78 is 5.85. The summed E-state index contributed by atoms with van der Waals surface area (Å²) in [6.45, 7) is 6.60. The van der Waals surface area contributed by atoms with Crippen molar-refractivity contribution in [3.8, 4) is 0 Å². The first kappa shape index (κ1) is 35.0. The van der Waals surface area contributed by atoms with Crippen LogP contribution in [0.4, 0.5) is 0 Å². The van der Waals surface area contributed by atoms with Crippen LogP contribution in [0, 0.1) is 0 Å². The zero-order chi connectivity index (χ0) is 25.3. The highest BCUT2D eigenvalue weighted by atomic mass is 16.5. The molecule has 0 aromatic heterocycles. The molecule has 0 saturated carbocycles. The molecule has 0 N–H and O–H groups in total. The van der Waals surface area contributed by atoms with E-state index in [-0.39, 0.29) is 0 Å². The highest BCUT2D eigenvalue weighted by Gasteiger charge is 1.97. The van der Waals surface area contributed by atoms with Crippen molar-refractivity contribution in [3.63, 3.8) is 0 Å². The molecule has 0 amide bonds. The van der Waals surface area contributed by atoms with Crippen LogP contribution in [0.2, 0.25) is 0 Å². The first-order valence-corrected chi connectivity index (χ1v) is 17.0. The molecule has 212 valence electrons. The Balaban J connectivity index is 3.00. The topological polar surface area (TPSA) is 9.23 Å². The maximum atomic E-state index is 5.85. The lowest BCUT2D eigenvalue weighted by Gasteiger charge is -2.05. The maximum absolute atomic E-state index is 5.85. The third kappa shape index (κ3) is 34.0. The molecule has 1 nitrogen and oxygen atoms in total. The maximum Gasteiger partial charge on any atom is 0.0466 e. The van der Waals surface area contributed by atoms with E-state index in [9.17, 15) is 0 Å². The molecule has 0 aliphatic heterocycles.